The van der Waals surface area contributed by atoms with Crippen LogP contribution in [0.15, 0.2) is 66.7 Å². The highest BCUT2D eigenvalue weighted by atomic mass is 19.2. The first-order valence-electron chi connectivity index (χ1n) is 10.1. The maximum atomic E-state index is 14.1. The van der Waals surface area contributed by atoms with Crippen LogP contribution in [0.2, 0.25) is 0 Å². The summed E-state index contributed by atoms with van der Waals surface area (Å²) in [5, 5.41) is 1.08. The molecule has 0 saturated heterocycles. The highest BCUT2D eigenvalue weighted by Gasteiger charge is 2.35. The zero-order valence-corrected chi connectivity index (χ0v) is 16.9. The van der Waals surface area contributed by atoms with E-state index in [4.69, 9.17) is 4.74 Å². The molecular weight excluding hydrogens is 398 g/mol. The van der Waals surface area contributed by atoms with Crippen molar-refractivity contribution in [1.82, 2.24) is 9.88 Å². The number of hydrogen-bond acceptors (Lipinski definition) is 2. The number of amides is 1. The lowest BCUT2D eigenvalue weighted by atomic mass is 9.91. The Labute approximate surface area is 178 Å². The number of carbonyl (C=O) groups excluding carboxylic acids is 1. The molecule has 1 amide bonds. The van der Waals surface area contributed by atoms with Crippen molar-refractivity contribution in [3.8, 4) is 5.75 Å². The molecule has 1 N–H and O–H groups in total. The number of nitrogens with zero attached hydrogens (tertiary/aromatic N) is 1. The number of ether oxygens (including phenoxy) is 1. The summed E-state index contributed by atoms with van der Waals surface area (Å²) in [7, 11) is 1.57. The molecule has 1 aromatic heterocycles. The van der Waals surface area contributed by atoms with Crippen molar-refractivity contribution in [2.24, 2.45) is 0 Å². The van der Waals surface area contributed by atoms with Crippen LogP contribution in [0.4, 0.5) is 8.78 Å². The standard InChI is InChI=1S/C25H20F2N2O2/c1-31-17-9-6-15(7-10-17)25(30)29-13-12-19-18-4-2-3-5-22(18)28-23(19)24(29)16-8-11-20(26)21(27)14-16/h2-11,14,24,28H,12-13H2,1H3. The van der Waals surface area contributed by atoms with E-state index in [1.165, 1.54) is 12.1 Å². The number of benzene rings is 3. The minimum Gasteiger partial charge on any atom is -0.497 e. The summed E-state index contributed by atoms with van der Waals surface area (Å²) < 4.78 is 33.0. The van der Waals surface area contributed by atoms with E-state index < -0.39 is 17.7 Å². The van der Waals surface area contributed by atoms with Gasteiger partial charge in [-0.25, -0.2) is 8.78 Å². The predicted molar refractivity (Wildman–Crippen MR) is 114 cm³/mol. The smallest absolute Gasteiger partial charge is 0.254 e. The SMILES string of the molecule is COc1ccc(C(=O)N2CCc3c([nH]c4ccccc34)C2c2ccc(F)c(F)c2)cc1. The number of para-hydroxylation sites is 1. The molecule has 0 bridgehead atoms. The summed E-state index contributed by atoms with van der Waals surface area (Å²) in [6.45, 7) is 0.462. The Morgan fingerprint density at radius 2 is 1.81 bits per heavy atom. The van der Waals surface area contributed by atoms with Crippen molar-refractivity contribution in [1.29, 1.82) is 0 Å². The van der Waals surface area contributed by atoms with Gasteiger partial charge in [-0.2, -0.15) is 0 Å². The first-order valence-corrected chi connectivity index (χ1v) is 10.1. The number of halogens is 2. The molecule has 0 spiro atoms. The summed E-state index contributed by atoms with van der Waals surface area (Å²) in [5.41, 5.74) is 3.92. The molecule has 2 heterocycles. The second-order valence-corrected chi connectivity index (χ2v) is 7.62. The van der Waals surface area contributed by atoms with Crippen LogP contribution in [0.25, 0.3) is 10.9 Å². The van der Waals surface area contributed by atoms with Gasteiger partial charge in [0.1, 0.15) is 5.75 Å². The number of rotatable bonds is 3. The molecule has 4 aromatic rings. The lowest BCUT2D eigenvalue weighted by Gasteiger charge is -2.36. The number of aromatic nitrogens is 1. The third-order valence-corrected chi connectivity index (χ3v) is 5.89. The van der Waals surface area contributed by atoms with E-state index in [-0.39, 0.29) is 5.91 Å². The highest BCUT2D eigenvalue weighted by molar-refractivity contribution is 5.95. The second kappa shape index (κ2) is 7.54. The summed E-state index contributed by atoms with van der Waals surface area (Å²) in [5.74, 6) is -1.37. The Kier molecular flexibility index (Phi) is 4.70. The molecule has 6 heteroatoms. The van der Waals surface area contributed by atoms with Crippen LogP contribution in [0.3, 0.4) is 0 Å². The van der Waals surface area contributed by atoms with Crippen LogP contribution in [-0.2, 0) is 6.42 Å². The first-order chi connectivity index (χ1) is 15.1. The van der Waals surface area contributed by atoms with Crippen LogP contribution in [-0.4, -0.2) is 29.4 Å². The van der Waals surface area contributed by atoms with Gasteiger partial charge in [-0.1, -0.05) is 24.3 Å². The lowest BCUT2D eigenvalue weighted by Crippen LogP contribution is -2.40. The van der Waals surface area contributed by atoms with E-state index in [1.54, 1.807) is 36.3 Å². The molecule has 31 heavy (non-hydrogen) atoms. The average molecular weight is 418 g/mol. The molecule has 0 aliphatic carbocycles. The fourth-order valence-corrected chi connectivity index (χ4v) is 4.39. The van der Waals surface area contributed by atoms with Crippen LogP contribution in [0.5, 0.6) is 5.75 Å². The number of aromatic amines is 1. The molecule has 156 valence electrons. The molecule has 1 unspecified atom stereocenters. The summed E-state index contributed by atoms with van der Waals surface area (Å²) in [4.78, 5) is 18.6. The Morgan fingerprint density at radius 1 is 1.03 bits per heavy atom. The van der Waals surface area contributed by atoms with Crippen molar-refractivity contribution < 1.29 is 18.3 Å². The largest absolute Gasteiger partial charge is 0.497 e. The van der Waals surface area contributed by atoms with Gasteiger partial charge in [0.2, 0.25) is 0 Å². The molecule has 1 aliphatic heterocycles. The van der Waals surface area contributed by atoms with Gasteiger partial charge in [0.05, 0.1) is 13.2 Å². The van der Waals surface area contributed by atoms with Crippen LogP contribution in [0.1, 0.15) is 33.2 Å². The summed E-state index contributed by atoms with van der Waals surface area (Å²) in [6, 6.07) is 18.1. The van der Waals surface area contributed by atoms with Gasteiger partial charge in [-0.3, -0.25) is 4.79 Å². The van der Waals surface area contributed by atoms with Gasteiger partial charge in [-0.05, 0) is 60.0 Å². The fourth-order valence-electron chi connectivity index (χ4n) is 4.39. The molecule has 0 fully saturated rings. The second-order valence-electron chi connectivity index (χ2n) is 7.62. The number of H-pyrrole nitrogens is 1. The quantitative estimate of drug-likeness (QED) is 0.494. The van der Waals surface area contributed by atoms with Gasteiger partial charge < -0.3 is 14.6 Å². The number of methoxy groups -OCH3 is 1. The molecule has 1 aliphatic rings. The van der Waals surface area contributed by atoms with Crippen molar-refractivity contribution in [2.75, 3.05) is 13.7 Å². The van der Waals surface area contributed by atoms with Gasteiger partial charge in [0, 0.05) is 28.7 Å². The Morgan fingerprint density at radius 3 is 2.55 bits per heavy atom. The number of fused-ring (bicyclic) bond motifs is 3. The van der Waals surface area contributed by atoms with Crippen molar-refractivity contribution in [3.05, 3.63) is 101 Å². The normalized spacial score (nSPS) is 15.7. The highest BCUT2D eigenvalue weighted by Crippen LogP contribution is 2.39. The van der Waals surface area contributed by atoms with Crippen LogP contribution in [0, 0.1) is 11.6 Å². The fraction of sp³-hybridized carbons (Fsp3) is 0.160. The maximum absolute atomic E-state index is 14.1. The Balaban J connectivity index is 1.64. The van der Waals surface area contributed by atoms with Gasteiger partial charge in [-0.15, -0.1) is 0 Å². The van der Waals surface area contributed by atoms with E-state index >= 15 is 0 Å². The third kappa shape index (κ3) is 3.24. The molecule has 0 radical (unpaired) electrons. The average Bonchev–Trinajstić information content (AvgIpc) is 3.18. The lowest BCUT2D eigenvalue weighted by molar-refractivity contribution is 0.0691. The minimum atomic E-state index is -0.933. The number of nitrogens with one attached hydrogen (secondary N) is 1. The molecule has 5 rings (SSSR count). The molecular formula is C25H20F2N2O2. The van der Waals surface area contributed by atoms with Crippen LogP contribution < -0.4 is 4.74 Å². The van der Waals surface area contributed by atoms with E-state index in [0.29, 0.717) is 29.8 Å². The van der Waals surface area contributed by atoms with Gasteiger partial charge in [0.15, 0.2) is 11.6 Å². The monoisotopic (exact) mass is 418 g/mol. The first kappa shape index (κ1) is 19.3. The number of carbonyl (C=O) groups is 1. The molecule has 1 atom stereocenters. The van der Waals surface area contributed by atoms with Gasteiger partial charge in [0.25, 0.3) is 5.91 Å². The van der Waals surface area contributed by atoms with E-state index in [2.05, 4.69) is 4.98 Å². The third-order valence-electron chi connectivity index (χ3n) is 5.89. The molecule has 4 nitrogen and oxygen atoms in total. The van der Waals surface area contributed by atoms with Gasteiger partial charge >= 0.3 is 0 Å². The number of hydrogen-bond donors (Lipinski definition) is 1. The molecule has 0 saturated carbocycles. The van der Waals surface area contributed by atoms with E-state index in [0.717, 1.165) is 28.2 Å². The van der Waals surface area contributed by atoms with Crippen LogP contribution >= 0.6 is 0 Å². The van der Waals surface area contributed by atoms with E-state index in [1.807, 2.05) is 24.3 Å². The minimum absolute atomic E-state index is 0.179. The van der Waals surface area contributed by atoms with E-state index in [9.17, 15) is 13.6 Å². The van der Waals surface area contributed by atoms with Crippen molar-refractivity contribution >= 4 is 16.8 Å². The zero-order valence-electron chi connectivity index (χ0n) is 16.9. The maximum Gasteiger partial charge on any atom is 0.254 e. The Bertz CT molecular complexity index is 1280. The predicted octanol–water partition coefficient (Wildman–Crippen LogP) is 5.24. The zero-order chi connectivity index (χ0) is 21.5. The molecule has 3 aromatic carbocycles. The van der Waals surface area contributed by atoms with Crippen molar-refractivity contribution in [3.63, 3.8) is 0 Å². The topological polar surface area (TPSA) is 45.3 Å². The summed E-state index contributed by atoms with van der Waals surface area (Å²) >= 11 is 0. The Hall–Kier alpha value is -3.67. The van der Waals surface area contributed by atoms with Crippen molar-refractivity contribution in [2.45, 2.75) is 12.5 Å². The summed E-state index contributed by atoms with van der Waals surface area (Å²) in [6.07, 6.45) is 0.668.